The Balaban J connectivity index is 0.000000902. The highest BCUT2D eigenvalue weighted by Crippen LogP contribution is 2.40. The highest BCUT2D eigenvalue weighted by Gasteiger charge is 2.48. The molecule has 0 aromatic carbocycles. The van der Waals surface area contributed by atoms with Crippen molar-refractivity contribution in [1.82, 2.24) is 10.2 Å². The van der Waals surface area contributed by atoms with Crippen LogP contribution >= 0.6 is 12.4 Å². The zero-order valence-corrected chi connectivity index (χ0v) is 11.2. The van der Waals surface area contributed by atoms with E-state index in [0.29, 0.717) is 0 Å². The summed E-state index contributed by atoms with van der Waals surface area (Å²) in [6.07, 6.45) is 8.13. The van der Waals surface area contributed by atoms with E-state index in [-0.39, 0.29) is 18.0 Å². The van der Waals surface area contributed by atoms with Gasteiger partial charge in [-0.25, -0.2) is 0 Å². The lowest BCUT2D eigenvalue weighted by molar-refractivity contribution is -0.133. The highest BCUT2D eigenvalue weighted by molar-refractivity contribution is 5.85. The van der Waals surface area contributed by atoms with Crippen molar-refractivity contribution >= 4 is 12.4 Å². The van der Waals surface area contributed by atoms with Gasteiger partial charge in [0.2, 0.25) is 0 Å². The van der Waals surface area contributed by atoms with Gasteiger partial charge in [0, 0.05) is 31.2 Å². The number of piperidine rings is 1. The normalized spacial score (nSPS) is 45.9. The van der Waals surface area contributed by atoms with Gasteiger partial charge in [-0.1, -0.05) is 0 Å². The van der Waals surface area contributed by atoms with E-state index in [0.717, 1.165) is 24.7 Å². The summed E-state index contributed by atoms with van der Waals surface area (Å²) in [5.41, 5.74) is 0.220. The molecule has 1 aliphatic carbocycles. The first-order valence-electron chi connectivity index (χ1n) is 6.97. The zero-order chi connectivity index (χ0) is 10.6. The molecule has 1 saturated carbocycles. The van der Waals surface area contributed by atoms with Crippen LogP contribution in [0.5, 0.6) is 0 Å². The van der Waals surface area contributed by atoms with Crippen molar-refractivity contribution in [2.24, 2.45) is 0 Å². The van der Waals surface area contributed by atoms with Gasteiger partial charge in [0.15, 0.2) is 0 Å². The number of rotatable bonds is 1. The Bertz CT molecular complexity index is 283. The molecule has 4 aliphatic rings. The molecule has 3 nitrogen and oxygen atoms in total. The summed E-state index contributed by atoms with van der Waals surface area (Å²) >= 11 is 0. The Morgan fingerprint density at radius 3 is 2.41 bits per heavy atom. The van der Waals surface area contributed by atoms with Gasteiger partial charge in [0.1, 0.15) is 0 Å². The molecule has 0 aromatic rings. The fourth-order valence-electron chi connectivity index (χ4n) is 4.08. The SMILES string of the molecule is C1CN(C2CC2)CC2(CC3CCC(C2)N3)O1.Cl. The van der Waals surface area contributed by atoms with E-state index in [1.165, 1.54) is 51.6 Å². The maximum absolute atomic E-state index is 6.21. The van der Waals surface area contributed by atoms with E-state index in [2.05, 4.69) is 10.2 Å². The van der Waals surface area contributed by atoms with Gasteiger partial charge in [0.25, 0.3) is 0 Å². The number of fused-ring (bicyclic) bond motifs is 2. The van der Waals surface area contributed by atoms with Gasteiger partial charge in [-0.2, -0.15) is 0 Å². The van der Waals surface area contributed by atoms with Crippen molar-refractivity contribution in [3.8, 4) is 0 Å². The van der Waals surface area contributed by atoms with Crippen LogP contribution in [-0.2, 0) is 4.74 Å². The summed E-state index contributed by atoms with van der Waals surface area (Å²) in [4.78, 5) is 2.70. The molecule has 2 unspecified atom stereocenters. The summed E-state index contributed by atoms with van der Waals surface area (Å²) in [7, 11) is 0. The number of nitrogens with zero attached hydrogens (tertiary/aromatic N) is 1. The van der Waals surface area contributed by atoms with Crippen LogP contribution in [0.1, 0.15) is 38.5 Å². The van der Waals surface area contributed by atoms with Crippen molar-refractivity contribution in [1.29, 1.82) is 0 Å². The molecule has 4 heteroatoms. The average Bonchev–Trinajstić information content (AvgIpc) is 3.05. The average molecular weight is 259 g/mol. The Hall–Kier alpha value is 0.170. The summed E-state index contributed by atoms with van der Waals surface area (Å²) in [6.45, 7) is 3.36. The number of hydrogen-bond donors (Lipinski definition) is 1. The van der Waals surface area contributed by atoms with Crippen molar-refractivity contribution < 1.29 is 4.74 Å². The van der Waals surface area contributed by atoms with Crippen molar-refractivity contribution in [3.63, 3.8) is 0 Å². The second-order valence-corrected chi connectivity index (χ2v) is 6.28. The van der Waals surface area contributed by atoms with E-state index in [1.54, 1.807) is 0 Å². The smallest absolute Gasteiger partial charge is 0.0839 e. The van der Waals surface area contributed by atoms with Crippen LogP contribution in [0.25, 0.3) is 0 Å². The van der Waals surface area contributed by atoms with Crippen LogP contribution in [0, 0.1) is 0 Å². The maximum Gasteiger partial charge on any atom is 0.0839 e. The number of nitrogens with one attached hydrogen (secondary N) is 1. The summed E-state index contributed by atoms with van der Waals surface area (Å²) < 4.78 is 6.21. The molecule has 1 spiro atoms. The van der Waals surface area contributed by atoms with E-state index >= 15 is 0 Å². The molecule has 4 fully saturated rings. The molecule has 0 radical (unpaired) electrons. The van der Waals surface area contributed by atoms with Gasteiger partial charge in [-0.05, 0) is 38.5 Å². The third-order valence-corrected chi connectivity index (χ3v) is 4.91. The number of ether oxygens (including phenoxy) is 1. The minimum atomic E-state index is 0. The predicted octanol–water partition coefficient (Wildman–Crippen LogP) is 1.56. The number of halogens is 1. The predicted molar refractivity (Wildman–Crippen MR) is 69.7 cm³/mol. The summed E-state index contributed by atoms with van der Waals surface area (Å²) in [5, 5.41) is 3.72. The van der Waals surface area contributed by atoms with Crippen LogP contribution < -0.4 is 5.32 Å². The fraction of sp³-hybridized carbons (Fsp3) is 1.00. The Kier molecular flexibility index (Phi) is 3.14. The Labute approximate surface area is 110 Å². The zero-order valence-electron chi connectivity index (χ0n) is 10.4. The Morgan fingerprint density at radius 2 is 1.76 bits per heavy atom. The lowest BCUT2D eigenvalue weighted by Crippen LogP contribution is -2.59. The molecule has 4 rings (SSSR count). The minimum Gasteiger partial charge on any atom is -0.372 e. The second-order valence-electron chi connectivity index (χ2n) is 6.28. The summed E-state index contributed by atoms with van der Waals surface area (Å²) in [6, 6.07) is 2.41. The fourth-order valence-corrected chi connectivity index (χ4v) is 4.08. The second kappa shape index (κ2) is 4.37. The van der Waals surface area contributed by atoms with Crippen LogP contribution in [0.15, 0.2) is 0 Å². The van der Waals surface area contributed by atoms with Crippen LogP contribution in [0.2, 0.25) is 0 Å². The molecule has 2 atom stereocenters. The van der Waals surface area contributed by atoms with Crippen LogP contribution in [0.3, 0.4) is 0 Å². The molecule has 0 amide bonds. The molecule has 0 aromatic heterocycles. The van der Waals surface area contributed by atoms with E-state index in [4.69, 9.17) is 4.74 Å². The Morgan fingerprint density at radius 1 is 1.06 bits per heavy atom. The van der Waals surface area contributed by atoms with Crippen molar-refractivity contribution in [3.05, 3.63) is 0 Å². The third-order valence-electron chi connectivity index (χ3n) is 4.91. The molecular formula is C13H23ClN2O. The molecule has 2 bridgehead atoms. The van der Waals surface area contributed by atoms with Crippen molar-refractivity contribution in [2.45, 2.75) is 62.3 Å². The van der Waals surface area contributed by atoms with Gasteiger partial charge in [-0.3, -0.25) is 4.90 Å². The van der Waals surface area contributed by atoms with Gasteiger partial charge in [0.05, 0.1) is 12.2 Å². The quantitative estimate of drug-likeness (QED) is 0.773. The summed E-state index contributed by atoms with van der Waals surface area (Å²) in [5.74, 6) is 0. The van der Waals surface area contributed by atoms with Crippen molar-refractivity contribution in [2.75, 3.05) is 19.7 Å². The minimum absolute atomic E-state index is 0. The van der Waals surface area contributed by atoms with E-state index in [1.807, 2.05) is 0 Å². The van der Waals surface area contributed by atoms with Crippen LogP contribution in [-0.4, -0.2) is 48.3 Å². The molecular weight excluding hydrogens is 236 g/mol. The third kappa shape index (κ3) is 2.23. The first-order valence-corrected chi connectivity index (χ1v) is 6.97. The highest BCUT2D eigenvalue weighted by atomic mass is 35.5. The van der Waals surface area contributed by atoms with Crippen LogP contribution in [0.4, 0.5) is 0 Å². The molecule has 1 N–H and O–H groups in total. The molecule has 17 heavy (non-hydrogen) atoms. The topological polar surface area (TPSA) is 24.5 Å². The number of hydrogen-bond acceptors (Lipinski definition) is 3. The lowest BCUT2D eigenvalue weighted by atomic mass is 9.85. The van der Waals surface area contributed by atoms with Gasteiger partial charge >= 0.3 is 0 Å². The van der Waals surface area contributed by atoms with E-state index < -0.39 is 0 Å². The first kappa shape index (κ1) is 12.2. The monoisotopic (exact) mass is 258 g/mol. The molecule has 3 saturated heterocycles. The molecule has 3 aliphatic heterocycles. The van der Waals surface area contributed by atoms with E-state index in [9.17, 15) is 0 Å². The van der Waals surface area contributed by atoms with Gasteiger partial charge in [-0.15, -0.1) is 12.4 Å². The lowest BCUT2D eigenvalue weighted by Gasteiger charge is -2.47. The van der Waals surface area contributed by atoms with Gasteiger partial charge < -0.3 is 10.1 Å². The largest absolute Gasteiger partial charge is 0.372 e. The number of morpholine rings is 1. The first-order chi connectivity index (χ1) is 7.83. The maximum atomic E-state index is 6.21. The molecule has 98 valence electrons. The molecule has 3 heterocycles. The standard InChI is InChI=1S/C13H22N2O.ClH/c1-2-11-8-13(7-10(1)14-11)9-15(5-6-16-13)12-3-4-12;/h10-12,14H,1-9H2;1H.